The van der Waals surface area contributed by atoms with Crippen LogP contribution in [0, 0.1) is 0 Å². The Morgan fingerprint density at radius 2 is 1.73 bits per heavy atom. The number of aliphatic imine (C=N–C) groups is 1. The van der Waals surface area contributed by atoms with Gasteiger partial charge in [-0.05, 0) is 48.0 Å². The molecule has 2 N–H and O–H groups in total. The number of urea groups is 1. The number of carboxylic acids is 1. The summed E-state index contributed by atoms with van der Waals surface area (Å²) in [6.07, 6.45) is 4.43. The number of hydrogen-bond acceptors (Lipinski definition) is 7. The number of aliphatic hydroxyl groups excluding tert-OH is 1. The fourth-order valence-electron chi connectivity index (χ4n) is 2.89. The van der Waals surface area contributed by atoms with Gasteiger partial charge in [-0.1, -0.05) is 41.9 Å². The normalized spacial score (nSPS) is 10.4. The van der Waals surface area contributed by atoms with E-state index in [1.165, 1.54) is 18.2 Å². The second kappa shape index (κ2) is 14.7. The summed E-state index contributed by atoms with van der Waals surface area (Å²) in [6.45, 7) is -0.143. The van der Waals surface area contributed by atoms with Crippen LogP contribution in [-0.4, -0.2) is 62.9 Å². The molecule has 12 heteroatoms. The van der Waals surface area contributed by atoms with Gasteiger partial charge in [0.15, 0.2) is 5.69 Å². The number of hydrogen-bond donors (Lipinski definition) is 2. The van der Waals surface area contributed by atoms with Gasteiger partial charge < -0.3 is 39.3 Å². The molecule has 191 valence electrons. The molecule has 0 atom stereocenters. The molecule has 0 bridgehead atoms. The van der Waals surface area contributed by atoms with Crippen molar-refractivity contribution in [1.82, 2.24) is 14.8 Å². The van der Waals surface area contributed by atoms with Gasteiger partial charge in [0, 0.05) is 37.1 Å². The number of aliphatic hydroxyl groups is 1. The van der Waals surface area contributed by atoms with E-state index in [1.54, 1.807) is 54.9 Å². The van der Waals surface area contributed by atoms with E-state index >= 15 is 0 Å². The van der Waals surface area contributed by atoms with Gasteiger partial charge in [0.05, 0.1) is 6.41 Å². The molecule has 0 saturated carbocycles. The third-order valence-corrected chi connectivity index (χ3v) is 4.92. The van der Waals surface area contributed by atoms with E-state index in [0.717, 1.165) is 15.4 Å². The van der Waals surface area contributed by atoms with E-state index in [9.17, 15) is 14.4 Å². The predicted octanol–water partition coefficient (Wildman–Crippen LogP) is 4.13. The zero-order valence-electron chi connectivity index (χ0n) is 19.3. The smallest absolute Gasteiger partial charge is 0.477 e. The van der Waals surface area contributed by atoms with Crippen LogP contribution in [0.5, 0.6) is 11.6 Å². The minimum absolute atomic E-state index is 0. The second-order valence-electron chi connectivity index (χ2n) is 7.29. The number of carbonyl (C=O) groups is 2. The quantitative estimate of drug-likeness (QED) is 0.118. The summed E-state index contributed by atoms with van der Waals surface area (Å²) in [4.78, 5) is 45.3. The fourth-order valence-corrected chi connectivity index (χ4v) is 3.02. The number of aromatic carboxylic acids is 1. The molecule has 0 aliphatic rings. The Balaban J connectivity index is 0.00000481. The molecule has 0 aliphatic heterocycles. The van der Waals surface area contributed by atoms with Gasteiger partial charge >= 0.3 is 23.0 Å². The summed E-state index contributed by atoms with van der Waals surface area (Å²) in [7, 11) is 0. The molecule has 0 fully saturated rings. The van der Waals surface area contributed by atoms with Gasteiger partial charge in [0.25, 0.3) is 0 Å². The number of imide groups is 1. The average molecular weight is 564 g/mol. The van der Waals surface area contributed by atoms with Crippen molar-refractivity contribution in [3.05, 3.63) is 83.0 Å². The molecule has 0 aliphatic carbocycles. The van der Waals surface area contributed by atoms with Crippen LogP contribution in [0.2, 0.25) is 5.02 Å². The zero-order chi connectivity index (χ0) is 25.9. The molecule has 1 heterocycles. The fraction of sp³-hybridized carbons (Fsp3) is 0.160. The monoisotopic (exact) mass is 563 g/mol. The Bertz CT molecular complexity index is 1220. The maximum Gasteiger partial charge on any atom is 2.00 e. The number of amides is 3. The second-order valence-corrected chi connectivity index (χ2v) is 7.73. The number of halogens is 1. The number of carboxylic acid groups (broad SMARTS) is 1. The molecule has 1 radical (unpaired) electrons. The molecular weight excluding hydrogens is 543 g/mol. The molecular formula is C25H21ClMnN4O6. The van der Waals surface area contributed by atoms with E-state index in [0.29, 0.717) is 16.5 Å². The van der Waals surface area contributed by atoms with Crippen LogP contribution in [0.4, 0.5) is 10.5 Å². The van der Waals surface area contributed by atoms with Gasteiger partial charge in [-0.2, -0.15) is 0 Å². The molecule has 0 saturated heterocycles. The topological polar surface area (TPSA) is 133 Å². The largest absolute Gasteiger partial charge is 2.00 e. The summed E-state index contributed by atoms with van der Waals surface area (Å²) in [5.41, 5.74) is 1.01. The van der Waals surface area contributed by atoms with Crippen LogP contribution >= 0.6 is 11.6 Å². The molecule has 3 amide bonds. The van der Waals surface area contributed by atoms with Gasteiger partial charge in [0.1, 0.15) is 5.75 Å². The maximum atomic E-state index is 12.9. The maximum absolute atomic E-state index is 12.9. The Hall–Kier alpha value is -3.76. The van der Waals surface area contributed by atoms with Crippen LogP contribution in [-0.2, 0) is 28.4 Å². The van der Waals surface area contributed by atoms with Crippen molar-refractivity contribution < 1.29 is 46.4 Å². The van der Waals surface area contributed by atoms with Gasteiger partial charge in [-0.3, -0.25) is 0 Å². The number of ether oxygens (including phenoxy) is 1. The Kier molecular flexibility index (Phi) is 11.7. The molecule has 2 aromatic carbocycles. The van der Waals surface area contributed by atoms with Crippen LogP contribution in [0.1, 0.15) is 22.5 Å². The molecule has 37 heavy (non-hydrogen) atoms. The van der Waals surface area contributed by atoms with E-state index in [4.69, 9.17) is 26.6 Å². The van der Waals surface area contributed by atoms with Crippen LogP contribution in [0.25, 0.3) is 0 Å². The minimum atomic E-state index is -1.17. The van der Waals surface area contributed by atoms with Crippen LogP contribution in [0.15, 0.2) is 71.7 Å². The zero-order valence-corrected chi connectivity index (χ0v) is 21.2. The number of carbonyl (C=O) groups excluding carboxylic acids is 2. The van der Waals surface area contributed by atoms with E-state index in [2.05, 4.69) is 16.3 Å². The van der Waals surface area contributed by atoms with Crippen molar-refractivity contribution in [2.45, 2.75) is 13.0 Å². The molecule has 10 nitrogen and oxygen atoms in total. The number of pyridine rings is 1. The first kappa shape index (κ1) is 29.5. The number of aromatic nitrogens is 1. The first-order valence-corrected chi connectivity index (χ1v) is 11.0. The SMILES string of the molecule is O=[C-]N(CCCO)C(=O)N([C-]=Nc1ccc(Oc2cccc(C(=O)O)n2)cc1)Cc1ccc(Cl)cc1.[Mn+2]. The summed E-state index contributed by atoms with van der Waals surface area (Å²) in [5, 5.41) is 18.6. The van der Waals surface area contributed by atoms with E-state index < -0.39 is 12.0 Å². The number of nitrogens with zero attached hydrogens (tertiary/aromatic N) is 4. The molecule has 1 aromatic heterocycles. The summed E-state index contributed by atoms with van der Waals surface area (Å²) < 4.78 is 5.58. The van der Waals surface area contributed by atoms with Gasteiger partial charge in [0.2, 0.25) is 11.9 Å². The van der Waals surface area contributed by atoms with Crippen molar-refractivity contribution in [2.75, 3.05) is 13.2 Å². The van der Waals surface area contributed by atoms with Crippen molar-refractivity contribution >= 4 is 42.0 Å². The Morgan fingerprint density at radius 3 is 2.35 bits per heavy atom. The molecule has 3 rings (SSSR count). The summed E-state index contributed by atoms with van der Waals surface area (Å²) in [6, 6.07) is 16.9. The Labute approximate surface area is 228 Å². The van der Waals surface area contributed by atoms with Crippen molar-refractivity contribution in [3.8, 4) is 11.6 Å². The molecule has 0 spiro atoms. The molecule has 3 aromatic rings. The van der Waals surface area contributed by atoms with E-state index in [-0.39, 0.29) is 54.8 Å². The van der Waals surface area contributed by atoms with E-state index in [1.807, 2.05) is 0 Å². The first-order chi connectivity index (χ1) is 17.4. The van der Waals surface area contributed by atoms with Crippen LogP contribution < -0.4 is 4.74 Å². The third kappa shape index (κ3) is 9.00. The third-order valence-electron chi connectivity index (χ3n) is 4.67. The van der Waals surface area contributed by atoms with Gasteiger partial charge in [-0.15, -0.1) is 0 Å². The summed E-state index contributed by atoms with van der Waals surface area (Å²) in [5.74, 6) is -0.658. The average Bonchev–Trinajstić information content (AvgIpc) is 2.89. The Morgan fingerprint density at radius 1 is 1.03 bits per heavy atom. The standard InChI is InChI=1S/C25H21ClN4O6.Mn/c26-19-7-5-18(6-8-19)15-30(25(35)29(17-32)13-2-14-31)16-27-20-9-11-21(12-10-20)36-23-4-1-3-22(28-23)24(33)34;/h1,3-12,31H,2,13-15H2,(H,33,34);/q-2;+2. The number of benzene rings is 2. The molecule has 0 unspecified atom stereocenters. The van der Waals surface area contributed by atoms with Crippen LogP contribution in [0.3, 0.4) is 0 Å². The van der Waals surface area contributed by atoms with Gasteiger partial charge in [-0.25, -0.2) is 9.78 Å². The van der Waals surface area contributed by atoms with Crippen molar-refractivity contribution in [2.24, 2.45) is 4.99 Å². The van der Waals surface area contributed by atoms with Crippen molar-refractivity contribution in [1.29, 1.82) is 0 Å². The minimum Gasteiger partial charge on any atom is -0.477 e. The predicted molar refractivity (Wildman–Crippen MR) is 131 cm³/mol. The number of rotatable bonds is 11. The first-order valence-electron chi connectivity index (χ1n) is 10.7. The summed E-state index contributed by atoms with van der Waals surface area (Å²) >= 11 is 5.93. The van der Waals surface area contributed by atoms with Crippen molar-refractivity contribution in [3.63, 3.8) is 0 Å².